The molecule has 0 amide bonds. The van der Waals surface area contributed by atoms with Gasteiger partial charge in [-0.25, -0.2) is 0 Å². The van der Waals surface area contributed by atoms with Crippen LogP contribution < -0.4 is 0 Å². The molecule has 2 heterocycles. The molecule has 0 radical (unpaired) electrons. The maximum Gasteiger partial charge on any atom is 0.277 e. The van der Waals surface area contributed by atoms with E-state index in [4.69, 9.17) is 16.0 Å². The van der Waals surface area contributed by atoms with Gasteiger partial charge in [-0.05, 0) is 31.5 Å². The Labute approximate surface area is 169 Å². The van der Waals surface area contributed by atoms with Gasteiger partial charge in [0, 0.05) is 15.6 Å². The number of fused-ring (bicyclic) bond motifs is 1. The van der Waals surface area contributed by atoms with Crippen LogP contribution in [0.1, 0.15) is 21.5 Å². The molecule has 2 aromatic heterocycles. The molecule has 0 aliphatic carbocycles. The molecule has 0 atom stereocenters. The third-order valence-corrected chi connectivity index (χ3v) is 6.64. The molecule has 0 saturated carbocycles. The van der Waals surface area contributed by atoms with Gasteiger partial charge in [-0.2, -0.15) is 0 Å². The van der Waals surface area contributed by atoms with Gasteiger partial charge in [0.15, 0.2) is 5.78 Å². The second-order valence-corrected chi connectivity index (χ2v) is 8.50. The number of hydrogen-bond donors (Lipinski definition) is 0. The predicted molar refractivity (Wildman–Crippen MR) is 111 cm³/mol. The van der Waals surface area contributed by atoms with Crippen LogP contribution in [-0.2, 0) is 0 Å². The first kappa shape index (κ1) is 18.2. The van der Waals surface area contributed by atoms with E-state index in [0.717, 1.165) is 31.7 Å². The minimum absolute atomic E-state index is 0.0424. The summed E-state index contributed by atoms with van der Waals surface area (Å²) in [4.78, 5) is 13.3. The number of thioether (sulfide) groups is 1. The summed E-state index contributed by atoms with van der Waals surface area (Å²) in [5.41, 5.74) is 2.76. The Morgan fingerprint density at radius 2 is 2.00 bits per heavy atom. The number of carbonyl (C=O) groups is 1. The van der Waals surface area contributed by atoms with Crippen molar-refractivity contribution in [3.8, 4) is 10.8 Å². The largest absolute Gasteiger partial charge is 0.410 e. The summed E-state index contributed by atoms with van der Waals surface area (Å²) < 4.78 is 6.80. The second-order valence-electron chi connectivity index (χ2n) is 6.14. The number of aromatic nitrogens is 2. The van der Waals surface area contributed by atoms with Gasteiger partial charge in [0.1, 0.15) is 4.88 Å². The Hall–Kier alpha value is -2.15. The van der Waals surface area contributed by atoms with E-state index in [1.165, 1.54) is 23.1 Å². The number of thiophene rings is 1. The molecule has 27 heavy (non-hydrogen) atoms. The third-order valence-electron chi connectivity index (χ3n) is 4.16. The Morgan fingerprint density at radius 1 is 1.19 bits per heavy atom. The number of halogens is 1. The molecule has 0 unspecified atom stereocenters. The molecule has 0 saturated heterocycles. The first-order chi connectivity index (χ1) is 13.0. The van der Waals surface area contributed by atoms with Gasteiger partial charge in [-0.15, -0.1) is 21.5 Å². The quantitative estimate of drug-likeness (QED) is 0.287. The first-order valence-corrected chi connectivity index (χ1v) is 10.4. The van der Waals surface area contributed by atoms with Crippen LogP contribution >= 0.6 is 34.7 Å². The summed E-state index contributed by atoms with van der Waals surface area (Å²) in [5, 5.41) is 10.1. The summed E-state index contributed by atoms with van der Waals surface area (Å²) in [5.74, 6) is 0.662. The van der Waals surface area contributed by atoms with Gasteiger partial charge < -0.3 is 4.42 Å². The van der Waals surface area contributed by atoms with E-state index >= 15 is 0 Å². The Bertz CT molecular complexity index is 1150. The molecular formula is C20H15ClN2O2S2. The van der Waals surface area contributed by atoms with Crippen molar-refractivity contribution in [3.05, 3.63) is 64.2 Å². The highest BCUT2D eigenvalue weighted by molar-refractivity contribution is 7.99. The monoisotopic (exact) mass is 414 g/mol. The average Bonchev–Trinajstić information content (AvgIpc) is 3.26. The van der Waals surface area contributed by atoms with Gasteiger partial charge in [-0.3, -0.25) is 4.79 Å². The molecule has 0 bridgehead atoms. The summed E-state index contributed by atoms with van der Waals surface area (Å²) >= 11 is 9.21. The predicted octanol–water partition coefficient (Wildman–Crippen LogP) is 6.20. The van der Waals surface area contributed by atoms with Crippen LogP contribution in [-0.4, -0.2) is 21.7 Å². The third kappa shape index (κ3) is 3.65. The van der Waals surface area contributed by atoms with Gasteiger partial charge in [0.2, 0.25) is 0 Å². The number of nitrogens with zero attached hydrogens (tertiary/aromatic N) is 2. The standard InChI is InChI=1S/C20H15ClN2O2S2/c1-11-7-8-12(2)14(9-11)15(24)10-26-20-23-22-19(25-20)18-17(21)13-5-3-4-6-16(13)27-18/h3-9H,10H2,1-2H3. The number of ketones is 1. The maximum absolute atomic E-state index is 12.5. The van der Waals surface area contributed by atoms with Crippen molar-refractivity contribution in [3.63, 3.8) is 0 Å². The normalized spacial score (nSPS) is 11.2. The van der Waals surface area contributed by atoms with Crippen molar-refractivity contribution in [2.75, 3.05) is 5.75 Å². The Kier molecular flexibility index (Phi) is 5.04. The zero-order valence-corrected chi connectivity index (χ0v) is 17.0. The van der Waals surface area contributed by atoms with Crippen molar-refractivity contribution in [2.24, 2.45) is 0 Å². The van der Waals surface area contributed by atoms with Crippen molar-refractivity contribution in [1.82, 2.24) is 10.2 Å². The number of Topliss-reactive ketones (excluding diaryl/α,β-unsaturated/α-hetero) is 1. The molecule has 0 aliphatic heterocycles. The van der Waals surface area contributed by atoms with Crippen LogP contribution in [0.15, 0.2) is 52.1 Å². The summed E-state index contributed by atoms with van der Waals surface area (Å²) in [7, 11) is 0. The molecule has 7 heteroatoms. The Morgan fingerprint density at radius 3 is 2.81 bits per heavy atom. The van der Waals surface area contributed by atoms with E-state index in [1.807, 2.05) is 56.3 Å². The highest BCUT2D eigenvalue weighted by atomic mass is 35.5. The van der Waals surface area contributed by atoms with Crippen LogP contribution in [0.2, 0.25) is 5.02 Å². The van der Waals surface area contributed by atoms with Gasteiger partial charge >= 0.3 is 0 Å². The topological polar surface area (TPSA) is 56.0 Å². The number of rotatable bonds is 5. The molecule has 136 valence electrons. The van der Waals surface area contributed by atoms with Crippen molar-refractivity contribution in [1.29, 1.82) is 0 Å². The van der Waals surface area contributed by atoms with Crippen LogP contribution in [0.4, 0.5) is 0 Å². The highest BCUT2D eigenvalue weighted by Crippen LogP contribution is 2.41. The minimum Gasteiger partial charge on any atom is -0.410 e. The number of aryl methyl sites for hydroxylation is 2. The summed E-state index contributed by atoms with van der Waals surface area (Å²) in [6.07, 6.45) is 0. The lowest BCUT2D eigenvalue weighted by Crippen LogP contribution is -2.05. The zero-order chi connectivity index (χ0) is 19.0. The Balaban J connectivity index is 1.52. The molecule has 0 aliphatic rings. The lowest BCUT2D eigenvalue weighted by Gasteiger charge is -2.04. The maximum atomic E-state index is 12.5. The average molecular weight is 415 g/mol. The van der Waals surface area contributed by atoms with Crippen LogP contribution in [0.5, 0.6) is 0 Å². The number of hydrogen-bond acceptors (Lipinski definition) is 6. The molecule has 4 nitrogen and oxygen atoms in total. The lowest BCUT2D eigenvalue weighted by molar-refractivity contribution is 0.102. The highest BCUT2D eigenvalue weighted by Gasteiger charge is 2.19. The van der Waals surface area contributed by atoms with E-state index in [-0.39, 0.29) is 11.5 Å². The number of benzene rings is 2. The fourth-order valence-corrected chi connectivity index (χ4v) is 4.83. The van der Waals surface area contributed by atoms with E-state index in [9.17, 15) is 4.79 Å². The van der Waals surface area contributed by atoms with E-state index in [1.54, 1.807) is 0 Å². The summed E-state index contributed by atoms with van der Waals surface area (Å²) in [6, 6.07) is 13.7. The van der Waals surface area contributed by atoms with Crippen molar-refractivity contribution >= 4 is 50.6 Å². The zero-order valence-electron chi connectivity index (χ0n) is 14.7. The van der Waals surface area contributed by atoms with E-state index in [0.29, 0.717) is 16.1 Å². The SMILES string of the molecule is Cc1ccc(C)c(C(=O)CSc2nnc(-c3sc4ccccc4c3Cl)o2)c1. The van der Waals surface area contributed by atoms with Crippen LogP contribution in [0, 0.1) is 13.8 Å². The minimum atomic E-state index is 0.0424. The summed E-state index contributed by atoms with van der Waals surface area (Å²) in [6.45, 7) is 3.91. The van der Waals surface area contributed by atoms with Crippen LogP contribution in [0.25, 0.3) is 20.9 Å². The van der Waals surface area contributed by atoms with E-state index < -0.39 is 0 Å². The molecular weight excluding hydrogens is 400 g/mol. The van der Waals surface area contributed by atoms with Crippen molar-refractivity contribution < 1.29 is 9.21 Å². The molecule has 0 N–H and O–H groups in total. The van der Waals surface area contributed by atoms with Crippen LogP contribution in [0.3, 0.4) is 0 Å². The smallest absolute Gasteiger partial charge is 0.277 e. The second kappa shape index (κ2) is 7.46. The fourth-order valence-electron chi connectivity index (χ4n) is 2.75. The molecule has 4 aromatic rings. The van der Waals surface area contributed by atoms with Crippen molar-refractivity contribution in [2.45, 2.75) is 19.1 Å². The van der Waals surface area contributed by atoms with Gasteiger partial charge in [0.05, 0.1) is 10.8 Å². The van der Waals surface area contributed by atoms with Gasteiger partial charge in [0.25, 0.3) is 11.1 Å². The fraction of sp³-hybridized carbons (Fsp3) is 0.150. The lowest BCUT2D eigenvalue weighted by atomic mass is 10.0. The van der Waals surface area contributed by atoms with E-state index in [2.05, 4.69) is 10.2 Å². The first-order valence-electron chi connectivity index (χ1n) is 8.27. The molecule has 2 aromatic carbocycles. The molecule has 0 spiro atoms. The molecule has 0 fully saturated rings. The van der Waals surface area contributed by atoms with Gasteiger partial charge in [-0.1, -0.05) is 59.3 Å². The molecule has 4 rings (SSSR count). The number of carbonyl (C=O) groups excluding carboxylic acids is 1.